The minimum atomic E-state index is 0.189. The maximum Gasteiger partial charge on any atom is 0.122 e. The van der Waals surface area contributed by atoms with Gasteiger partial charge in [0.15, 0.2) is 0 Å². The Balaban J connectivity index is 2.35. The molecule has 0 radical (unpaired) electrons. The van der Waals surface area contributed by atoms with Crippen molar-refractivity contribution in [3.8, 4) is 5.75 Å². The van der Waals surface area contributed by atoms with Gasteiger partial charge in [-0.25, -0.2) is 0 Å². The van der Waals surface area contributed by atoms with Crippen LogP contribution in [0.2, 0.25) is 0 Å². The summed E-state index contributed by atoms with van der Waals surface area (Å²) in [6.45, 7) is 10.3. The third-order valence-electron chi connectivity index (χ3n) is 4.61. The van der Waals surface area contributed by atoms with Crippen molar-refractivity contribution in [2.45, 2.75) is 52.5 Å². The van der Waals surface area contributed by atoms with Crippen LogP contribution in [-0.4, -0.2) is 19.2 Å². The molecule has 106 valence electrons. The largest absolute Gasteiger partial charge is 0.496 e. The Kier molecular flexibility index (Phi) is 3.91. The van der Waals surface area contributed by atoms with Gasteiger partial charge in [-0.2, -0.15) is 0 Å². The number of nitrogens with one attached hydrogen (secondary N) is 1. The molecule has 2 nitrogen and oxygen atoms in total. The molecule has 1 aliphatic heterocycles. The predicted molar refractivity (Wildman–Crippen MR) is 80.9 cm³/mol. The predicted octanol–water partition coefficient (Wildman–Crippen LogP) is 3.71. The molecular formula is C17H27NO. The Morgan fingerprint density at radius 2 is 2.05 bits per heavy atom. The topological polar surface area (TPSA) is 21.3 Å². The van der Waals surface area contributed by atoms with Crippen LogP contribution in [0.4, 0.5) is 0 Å². The molecule has 0 aromatic heterocycles. The van der Waals surface area contributed by atoms with E-state index < -0.39 is 0 Å². The number of methoxy groups -OCH3 is 1. The highest BCUT2D eigenvalue weighted by Gasteiger charge is 2.44. The zero-order valence-corrected chi connectivity index (χ0v) is 13.0. The van der Waals surface area contributed by atoms with Crippen LogP contribution >= 0.6 is 0 Å². The maximum absolute atomic E-state index is 5.54. The van der Waals surface area contributed by atoms with Crippen LogP contribution < -0.4 is 10.1 Å². The van der Waals surface area contributed by atoms with Gasteiger partial charge in [0, 0.05) is 5.54 Å². The Morgan fingerprint density at radius 1 is 1.32 bits per heavy atom. The van der Waals surface area contributed by atoms with Gasteiger partial charge in [-0.15, -0.1) is 0 Å². The smallest absolute Gasteiger partial charge is 0.122 e. The van der Waals surface area contributed by atoms with E-state index in [0.29, 0.717) is 0 Å². The Labute approximate surface area is 117 Å². The molecule has 1 fully saturated rings. The number of hydrogen-bond acceptors (Lipinski definition) is 2. The van der Waals surface area contributed by atoms with Crippen molar-refractivity contribution in [3.05, 3.63) is 29.3 Å². The van der Waals surface area contributed by atoms with Crippen LogP contribution in [-0.2, 0) is 6.42 Å². The van der Waals surface area contributed by atoms with Crippen LogP contribution in [0, 0.1) is 12.3 Å². The van der Waals surface area contributed by atoms with Gasteiger partial charge in [0.25, 0.3) is 0 Å². The average Bonchev–Trinajstić information content (AvgIpc) is 2.78. The summed E-state index contributed by atoms with van der Waals surface area (Å²) in [5, 5.41) is 3.77. The highest BCUT2D eigenvalue weighted by atomic mass is 16.5. The van der Waals surface area contributed by atoms with E-state index in [4.69, 9.17) is 4.74 Å². The second kappa shape index (κ2) is 5.16. The maximum atomic E-state index is 5.54. The summed E-state index contributed by atoms with van der Waals surface area (Å²) in [4.78, 5) is 0. The van der Waals surface area contributed by atoms with E-state index in [2.05, 4.69) is 51.2 Å². The van der Waals surface area contributed by atoms with Gasteiger partial charge >= 0.3 is 0 Å². The molecule has 0 amide bonds. The van der Waals surface area contributed by atoms with Crippen molar-refractivity contribution < 1.29 is 4.74 Å². The molecule has 1 unspecified atom stereocenters. The molecule has 1 aromatic carbocycles. The van der Waals surface area contributed by atoms with Crippen LogP contribution in [0.5, 0.6) is 5.75 Å². The lowest BCUT2D eigenvalue weighted by Gasteiger charge is -2.43. The van der Waals surface area contributed by atoms with Gasteiger partial charge in [-0.05, 0) is 49.8 Å². The van der Waals surface area contributed by atoms with Crippen LogP contribution in [0.3, 0.4) is 0 Å². The normalized spacial score (nSPS) is 23.6. The fourth-order valence-electron chi connectivity index (χ4n) is 3.23. The Hall–Kier alpha value is -1.02. The Bertz CT molecular complexity index is 439. The van der Waals surface area contributed by atoms with Crippen molar-refractivity contribution in [2.75, 3.05) is 13.7 Å². The van der Waals surface area contributed by atoms with E-state index in [0.717, 1.165) is 18.7 Å². The van der Waals surface area contributed by atoms with Gasteiger partial charge in [-0.3, -0.25) is 0 Å². The minimum absolute atomic E-state index is 0.189. The molecule has 19 heavy (non-hydrogen) atoms. The lowest BCUT2D eigenvalue weighted by molar-refractivity contribution is 0.158. The van der Waals surface area contributed by atoms with Crippen molar-refractivity contribution in [1.82, 2.24) is 5.32 Å². The minimum Gasteiger partial charge on any atom is -0.496 e. The summed E-state index contributed by atoms with van der Waals surface area (Å²) in [6, 6.07) is 6.48. The van der Waals surface area contributed by atoms with Gasteiger partial charge in [-0.1, -0.05) is 38.5 Å². The molecule has 2 heteroatoms. The quantitative estimate of drug-likeness (QED) is 0.895. The Morgan fingerprint density at radius 3 is 2.58 bits per heavy atom. The summed E-state index contributed by atoms with van der Waals surface area (Å²) in [6.07, 6.45) is 3.56. The van der Waals surface area contributed by atoms with E-state index >= 15 is 0 Å². The number of rotatable bonds is 3. The van der Waals surface area contributed by atoms with E-state index in [1.807, 2.05) is 0 Å². The summed E-state index contributed by atoms with van der Waals surface area (Å²) in [7, 11) is 1.76. The zero-order chi connectivity index (χ0) is 14.1. The zero-order valence-electron chi connectivity index (χ0n) is 13.0. The van der Waals surface area contributed by atoms with Crippen LogP contribution in [0.15, 0.2) is 18.2 Å². The molecule has 1 aromatic rings. The molecule has 0 spiro atoms. The molecule has 1 heterocycles. The second-order valence-corrected chi connectivity index (χ2v) is 6.85. The fourth-order valence-corrected chi connectivity index (χ4v) is 3.23. The number of ether oxygens (including phenoxy) is 1. The second-order valence-electron chi connectivity index (χ2n) is 6.85. The molecule has 2 rings (SSSR count). The summed E-state index contributed by atoms with van der Waals surface area (Å²) >= 11 is 0. The lowest BCUT2D eigenvalue weighted by atomic mass is 9.69. The molecule has 1 aliphatic rings. The van der Waals surface area contributed by atoms with Gasteiger partial charge in [0.05, 0.1) is 7.11 Å². The number of aryl methyl sites for hydroxylation is 1. The number of benzene rings is 1. The first-order valence-corrected chi connectivity index (χ1v) is 7.26. The number of hydrogen-bond donors (Lipinski definition) is 1. The molecular weight excluding hydrogens is 234 g/mol. The van der Waals surface area contributed by atoms with Gasteiger partial charge < -0.3 is 10.1 Å². The van der Waals surface area contributed by atoms with Crippen molar-refractivity contribution in [3.63, 3.8) is 0 Å². The summed E-state index contributed by atoms with van der Waals surface area (Å²) < 4.78 is 5.54. The third kappa shape index (κ3) is 2.79. The van der Waals surface area contributed by atoms with E-state index in [-0.39, 0.29) is 11.0 Å². The fraction of sp³-hybridized carbons (Fsp3) is 0.647. The highest BCUT2D eigenvalue weighted by Crippen LogP contribution is 2.41. The molecule has 1 N–H and O–H groups in total. The van der Waals surface area contributed by atoms with Crippen LogP contribution in [0.25, 0.3) is 0 Å². The SMILES string of the molecule is COc1ccc(C)cc1CC1(C(C)(C)C)CCCN1. The van der Waals surface area contributed by atoms with Gasteiger partial charge in [0.2, 0.25) is 0 Å². The van der Waals surface area contributed by atoms with E-state index in [1.165, 1.54) is 24.0 Å². The van der Waals surface area contributed by atoms with Gasteiger partial charge in [0.1, 0.15) is 5.75 Å². The van der Waals surface area contributed by atoms with Crippen molar-refractivity contribution in [1.29, 1.82) is 0 Å². The first kappa shape index (κ1) is 14.4. The van der Waals surface area contributed by atoms with Crippen molar-refractivity contribution in [2.24, 2.45) is 5.41 Å². The molecule has 1 saturated heterocycles. The average molecular weight is 261 g/mol. The monoisotopic (exact) mass is 261 g/mol. The standard InChI is InChI=1S/C17H27NO/c1-13-7-8-15(19-5)14(11-13)12-17(16(2,3)4)9-6-10-18-17/h7-8,11,18H,6,9-10,12H2,1-5H3. The first-order chi connectivity index (χ1) is 8.88. The summed E-state index contributed by atoms with van der Waals surface area (Å²) in [5.74, 6) is 1.02. The molecule has 0 bridgehead atoms. The highest BCUT2D eigenvalue weighted by molar-refractivity contribution is 5.38. The molecule has 1 atom stereocenters. The third-order valence-corrected chi connectivity index (χ3v) is 4.61. The van der Waals surface area contributed by atoms with E-state index in [1.54, 1.807) is 7.11 Å². The van der Waals surface area contributed by atoms with Crippen LogP contribution in [0.1, 0.15) is 44.7 Å². The summed E-state index contributed by atoms with van der Waals surface area (Å²) in [5.41, 5.74) is 3.07. The van der Waals surface area contributed by atoms with E-state index in [9.17, 15) is 0 Å². The van der Waals surface area contributed by atoms with Crippen molar-refractivity contribution >= 4 is 0 Å². The lowest BCUT2D eigenvalue weighted by Crippen LogP contribution is -2.52. The molecule has 0 aliphatic carbocycles. The molecule has 0 saturated carbocycles. The first-order valence-electron chi connectivity index (χ1n) is 7.26.